The number of benzene rings is 3. The van der Waals surface area contributed by atoms with Gasteiger partial charge in [0.1, 0.15) is 24.7 Å². The van der Waals surface area contributed by atoms with Crippen molar-refractivity contribution in [2.45, 2.75) is 37.5 Å². The zero-order valence-electron chi connectivity index (χ0n) is 23.1. The van der Waals surface area contributed by atoms with Gasteiger partial charge in [-0.1, -0.05) is 37.4 Å². The van der Waals surface area contributed by atoms with Gasteiger partial charge < -0.3 is 18.9 Å². The zero-order valence-corrected chi connectivity index (χ0v) is 24.0. The predicted octanol–water partition coefficient (Wildman–Crippen LogP) is 7.41. The Labute approximate surface area is 245 Å². The fraction of sp³-hybridized carbons (Fsp3) is 0.242. The number of unbranched alkanes of at least 4 members (excludes halogenated alkanes) is 2. The maximum Gasteiger partial charge on any atom is 0.333 e. The largest absolute Gasteiger partial charge is 0.494 e. The molecular weight excluding hydrogens is 540 g/mol. The van der Waals surface area contributed by atoms with Crippen molar-refractivity contribution >= 4 is 28.8 Å². The Kier molecular flexibility index (Phi) is 12.7. The van der Waals surface area contributed by atoms with Gasteiger partial charge in [0.25, 0.3) is 0 Å². The van der Waals surface area contributed by atoms with Crippen LogP contribution in [0.25, 0.3) is 11.1 Å². The summed E-state index contributed by atoms with van der Waals surface area (Å²) >= 11 is 1.14. The lowest BCUT2D eigenvalue weighted by molar-refractivity contribution is -0.140. The third kappa shape index (κ3) is 11.0. The average Bonchev–Trinajstić information content (AvgIpc) is 2.98. The van der Waals surface area contributed by atoms with E-state index < -0.39 is 5.97 Å². The molecular formula is C33H34O7S. The average molecular weight is 575 g/mol. The van der Waals surface area contributed by atoms with Crippen LogP contribution in [0.4, 0.5) is 0 Å². The first-order valence-electron chi connectivity index (χ1n) is 13.3. The van der Waals surface area contributed by atoms with Crippen molar-refractivity contribution in [1.82, 2.24) is 0 Å². The van der Waals surface area contributed by atoms with E-state index in [0.29, 0.717) is 29.9 Å². The van der Waals surface area contributed by atoms with Gasteiger partial charge in [-0.2, -0.15) is 0 Å². The van der Waals surface area contributed by atoms with E-state index >= 15 is 0 Å². The highest BCUT2D eigenvalue weighted by Gasteiger charge is 2.10. The van der Waals surface area contributed by atoms with Gasteiger partial charge in [-0.25, -0.2) is 4.79 Å². The number of hydrogen-bond donors (Lipinski definition) is 0. The fourth-order valence-electron chi connectivity index (χ4n) is 3.62. The Hall–Kier alpha value is -4.30. The summed E-state index contributed by atoms with van der Waals surface area (Å²) in [6.45, 7) is 9.42. The van der Waals surface area contributed by atoms with E-state index in [1.807, 2.05) is 60.7 Å². The molecule has 0 aliphatic carbocycles. The Morgan fingerprint density at radius 1 is 0.756 bits per heavy atom. The van der Waals surface area contributed by atoms with E-state index in [1.165, 1.54) is 0 Å². The van der Waals surface area contributed by atoms with E-state index in [0.717, 1.165) is 59.1 Å². The summed E-state index contributed by atoms with van der Waals surface area (Å²) in [6, 6.07) is 22.5. The number of carbonyl (C=O) groups is 3. The first kappa shape index (κ1) is 31.2. The molecule has 0 radical (unpaired) electrons. The molecule has 0 spiro atoms. The maximum atomic E-state index is 12.8. The van der Waals surface area contributed by atoms with Crippen LogP contribution in [-0.4, -0.2) is 36.9 Å². The van der Waals surface area contributed by atoms with Crippen LogP contribution >= 0.6 is 11.8 Å². The van der Waals surface area contributed by atoms with Crippen LogP contribution in [0, 0.1) is 0 Å². The van der Waals surface area contributed by atoms with Crippen molar-refractivity contribution < 1.29 is 33.3 Å². The molecule has 3 aromatic carbocycles. The summed E-state index contributed by atoms with van der Waals surface area (Å²) in [6.07, 6.45) is 4.02. The molecule has 0 atom stereocenters. The van der Waals surface area contributed by atoms with E-state index in [2.05, 4.69) is 13.2 Å². The van der Waals surface area contributed by atoms with Crippen molar-refractivity contribution in [3.63, 3.8) is 0 Å². The molecule has 41 heavy (non-hydrogen) atoms. The van der Waals surface area contributed by atoms with Gasteiger partial charge in [0, 0.05) is 22.5 Å². The lowest BCUT2D eigenvalue weighted by Crippen LogP contribution is -2.12. The highest BCUT2D eigenvalue weighted by Crippen LogP contribution is 2.27. The molecule has 0 fully saturated rings. The molecule has 214 valence electrons. The van der Waals surface area contributed by atoms with Crippen molar-refractivity contribution in [3.8, 4) is 22.6 Å². The van der Waals surface area contributed by atoms with Gasteiger partial charge in [-0.05, 0) is 97.6 Å². The molecule has 0 saturated heterocycles. The number of rotatable bonds is 16. The van der Waals surface area contributed by atoms with E-state index in [4.69, 9.17) is 18.9 Å². The van der Waals surface area contributed by atoms with Crippen LogP contribution in [0.15, 0.2) is 103 Å². The Morgan fingerprint density at radius 2 is 1.34 bits per heavy atom. The number of thioether (sulfide) groups is 1. The van der Waals surface area contributed by atoms with Crippen molar-refractivity contribution in [3.05, 3.63) is 103 Å². The van der Waals surface area contributed by atoms with Gasteiger partial charge in [-0.3, -0.25) is 9.59 Å². The molecule has 0 aliphatic heterocycles. The van der Waals surface area contributed by atoms with Crippen LogP contribution in [0.3, 0.4) is 0 Å². The molecule has 3 rings (SSSR count). The van der Waals surface area contributed by atoms with Crippen molar-refractivity contribution in [2.75, 3.05) is 19.8 Å². The summed E-state index contributed by atoms with van der Waals surface area (Å²) in [5, 5.41) is -0.0572. The lowest BCUT2D eigenvalue weighted by atomic mass is 10.0. The second-order valence-corrected chi connectivity index (χ2v) is 10.1. The second-order valence-electron chi connectivity index (χ2n) is 9.04. The fourth-order valence-corrected chi connectivity index (χ4v) is 4.36. The molecule has 0 bridgehead atoms. The summed E-state index contributed by atoms with van der Waals surface area (Å²) in [4.78, 5) is 36.2. The molecule has 8 heteroatoms. The number of carbonyl (C=O) groups excluding carboxylic acids is 3. The highest BCUT2D eigenvalue weighted by atomic mass is 32.2. The summed E-state index contributed by atoms with van der Waals surface area (Å²) in [7, 11) is 0. The summed E-state index contributed by atoms with van der Waals surface area (Å²) < 4.78 is 21.1. The van der Waals surface area contributed by atoms with Crippen molar-refractivity contribution in [2.24, 2.45) is 0 Å². The molecule has 0 amide bonds. The van der Waals surface area contributed by atoms with E-state index in [9.17, 15) is 14.4 Å². The number of ether oxygens (including phenoxy) is 4. The van der Waals surface area contributed by atoms with Crippen LogP contribution in [0.2, 0.25) is 0 Å². The summed E-state index contributed by atoms with van der Waals surface area (Å²) in [5.74, 6) is 0.700. The Balaban J connectivity index is 1.41. The third-order valence-electron chi connectivity index (χ3n) is 5.78. The predicted molar refractivity (Wildman–Crippen MR) is 160 cm³/mol. The van der Waals surface area contributed by atoms with Crippen LogP contribution in [0.1, 0.15) is 43.0 Å². The minimum absolute atomic E-state index is 0.0572. The van der Waals surface area contributed by atoms with Crippen LogP contribution in [-0.2, 0) is 19.1 Å². The smallest absolute Gasteiger partial charge is 0.333 e. The first-order valence-corrected chi connectivity index (χ1v) is 14.1. The number of hydrogen-bond acceptors (Lipinski definition) is 8. The van der Waals surface area contributed by atoms with Gasteiger partial charge in [-0.15, -0.1) is 0 Å². The van der Waals surface area contributed by atoms with E-state index in [-0.39, 0.29) is 24.3 Å². The molecule has 0 heterocycles. The molecule has 0 N–H and O–H groups in total. The zero-order chi connectivity index (χ0) is 29.5. The molecule has 0 saturated carbocycles. The highest BCUT2D eigenvalue weighted by molar-refractivity contribution is 8.14. The standard InChI is InChI=1S/C33H34O7S/c1-4-37-31(34)8-6-5-7-21-38-28-15-13-26(14-16-28)25-9-11-27(12-10-25)33(36)41-30-19-17-29(18-20-30)39-22-23-40-32(35)24(2)3/h4,9-20H,1-2,5-8,21-23H2,3H3. The van der Waals surface area contributed by atoms with Gasteiger partial charge in [0.2, 0.25) is 5.12 Å². The summed E-state index contributed by atoms with van der Waals surface area (Å²) in [5.41, 5.74) is 2.97. The van der Waals surface area contributed by atoms with Crippen LogP contribution < -0.4 is 9.47 Å². The van der Waals surface area contributed by atoms with Crippen molar-refractivity contribution in [1.29, 1.82) is 0 Å². The molecule has 7 nitrogen and oxygen atoms in total. The molecule has 3 aromatic rings. The lowest BCUT2D eigenvalue weighted by Gasteiger charge is -2.09. The third-order valence-corrected chi connectivity index (χ3v) is 6.71. The monoisotopic (exact) mass is 574 g/mol. The number of esters is 2. The van der Waals surface area contributed by atoms with Gasteiger partial charge >= 0.3 is 11.9 Å². The quantitative estimate of drug-likeness (QED) is 0.0575. The minimum Gasteiger partial charge on any atom is -0.494 e. The molecule has 0 aliphatic rings. The second kappa shape index (κ2) is 16.7. The minimum atomic E-state index is -0.444. The topological polar surface area (TPSA) is 88.1 Å². The normalized spacial score (nSPS) is 10.4. The van der Waals surface area contributed by atoms with Crippen LogP contribution in [0.5, 0.6) is 11.5 Å². The first-order chi connectivity index (χ1) is 19.9. The van der Waals surface area contributed by atoms with E-state index in [1.54, 1.807) is 19.1 Å². The Morgan fingerprint density at radius 3 is 1.95 bits per heavy atom. The molecule has 0 aromatic heterocycles. The maximum absolute atomic E-state index is 12.8. The molecule has 0 unspecified atom stereocenters. The van der Waals surface area contributed by atoms with Gasteiger partial charge in [0.15, 0.2) is 0 Å². The van der Waals surface area contributed by atoms with Gasteiger partial charge in [0.05, 0.1) is 12.9 Å². The Bertz CT molecular complexity index is 1310. The SMILES string of the molecule is C=COC(=O)CCCCCOc1ccc(-c2ccc(C(=O)Sc3ccc(OCCOC(=O)C(=C)C)cc3)cc2)cc1.